The Labute approximate surface area is 208 Å². The Kier molecular flexibility index (Phi) is 8.35. The highest BCUT2D eigenvalue weighted by atomic mass is 79.9. The van der Waals surface area contributed by atoms with E-state index >= 15 is 0 Å². The lowest BCUT2D eigenvalue weighted by Gasteiger charge is -2.24. The van der Waals surface area contributed by atoms with Crippen LogP contribution in [0.1, 0.15) is 16.7 Å². The predicted octanol–water partition coefficient (Wildman–Crippen LogP) is 4.91. The number of nitrogens with one attached hydrogen (secondary N) is 1. The van der Waals surface area contributed by atoms with E-state index in [0.717, 1.165) is 25.5 Å². The summed E-state index contributed by atoms with van der Waals surface area (Å²) >= 11 is 3.45. The van der Waals surface area contributed by atoms with E-state index in [2.05, 4.69) is 21.2 Å². The number of methoxy groups -OCH3 is 2. The van der Waals surface area contributed by atoms with Gasteiger partial charge in [0.1, 0.15) is 16.4 Å². The minimum atomic E-state index is -4.13. The van der Waals surface area contributed by atoms with Crippen molar-refractivity contribution in [3.8, 4) is 11.5 Å². The number of sulfonamides is 1. The number of carbonyl (C=O) groups is 1. The molecule has 3 aromatic carbocycles. The number of ether oxygens (including phenoxy) is 2. The third-order valence-electron chi connectivity index (χ3n) is 5.27. The zero-order valence-corrected chi connectivity index (χ0v) is 21.9. The van der Waals surface area contributed by atoms with Gasteiger partial charge in [0.05, 0.1) is 20.8 Å². The molecule has 0 aliphatic heterocycles. The number of hydrogen-bond acceptors (Lipinski definition) is 5. The lowest BCUT2D eigenvalue weighted by atomic mass is 10.1. The Morgan fingerprint density at radius 3 is 2.21 bits per heavy atom. The first kappa shape index (κ1) is 25.7. The van der Waals surface area contributed by atoms with Crippen LogP contribution in [0.4, 0.5) is 5.69 Å². The Morgan fingerprint density at radius 2 is 1.62 bits per heavy atom. The van der Waals surface area contributed by atoms with Crippen molar-refractivity contribution in [3.63, 3.8) is 0 Å². The topological polar surface area (TPSA) is 84.9 Å². The molecule has 0 saturated heterocycles. The Bertz CT molecular complexity index is 1260. The van der Waals surface area contributed by atoms with Gasteiger partial charge in [0.2, 0.25) is 15.9 Å². The molecule has 1 amide bonds. The third kappa shape index (κ3) is 5.97. The van der Waals surface area contributed by atoms with Crippen LogP contribution in [0, 0.1) is 13.8 Å². The second kappa shape index (κ2) is 11.0. The lowest BCUT2D eigenvalue weighted by molar-refractivity contribution is -0.116. The summed E-state index contributed by atoms with van der Waals surface area (Å²) in [5, 5.41) is 2.87. The molecule has 0 aliphatic rings. The maximum Gasteiger partial charge on any atom is 0.247 e. The summed E-state index contributed by atoms with van der Waals surface area (Å²) in [5.41, 5.74) is 3.14. The molecule has 0 saturated carbocycles. The van der Waals surface area contributed by atoms with E-state index < -0.39 is 15.9 Å². The van der Waals surface area contributed by atoms with E-state index in [1.165, 1.54) is 26.4 Å². The van der Waals surface area contributed by atoms with Gasteiger partial charge < -0.3 is 14.8 Å². The molecule has 180 valence electrons. The van der Waals surface area contributed by atoms with Crippen LogP contribution in [0.15, 0.2) is 70.0 Å². The molecule has 9 heteroatoms. The van der Waals surface area contributed by atoms with Crippen molar-refractivity contribution < 1.29 is 22.7 Å². The van der Waals surface area contributed by atoms with Crippen molar-refractivity contribution in [2.24, 2.45) is 0 Å². The Balaban J connectivity index is 1.98. The zero-order chi connectivity index (χ0) is 24.9. The highest BCUT2D eigenvalue weighted by molar-refractivity contribution is 9.10. The number of halogens is 1. The summed E-state index contributed by atoms with van der Waals surface area (Å²) in [6, 6.07) is 17.4. The summed E-state index contributed by atoms with van der Waals surface area (Å²) in [4.78, 5) is 13.0. The fourth-order valence-electron chi connectivity index (χ4n) is 3.58. The zero-order valence-electron chi connectivity index (χ0n) is 19.5. The maximum atomic E-state index is 13.8. The molecular formula is C25H27BrN2O5S. The van der Waals surface area contributed by atoms with E-state index in [1.807, 2.05) is 56.3 Å². The largest absolute Gasteiger partial charge is 0.497 e. The first-order valence-electron chi connectivity index (χ1n) is 10.5. The molecule has 0 fully saturated rings. The van der Waals surface area contributed by atoms with Crippen LogP contribution in [-0.4, -0.2) is 39.4 Å². The van der Waals surface area contributed by atoms with Gasteiger partial charge in [-0.2, -0.15) is 4.31 Å². The fourth-order valence-corrected chi connectivity index (χ4v) is 5.83. The van der Waals surface area contributed by atoms with Gasteiger partial charge >= 0.3 is 0 Å². The van der Waals surface area contributed by atoms with E-state index in [0.29, 0.717) is 11.4 Å². The molecular weight excluding hydrogens is 520 g/mol. The molecule has 0 radical (unpaired) electrons. The summed E-state index contributed by atoms with van der Waals surface area (Å²) < 4.78 is 40.1. The van der Waals surface area contributed by atoms with E-state index in [1.54, 1.807) is 6.07 Å². The average molecular weight is 547 g/mol. The minimum Gasteiger partial charge on any atom is -0.497 e. The fraction of sp³-hybridized carbons (Fsp3) is 0.240. The van der Waals surface area contributed by atoms with Crippen LogP contribution in [0.2, 0.25) is 0 Å². The van der Waals surface area contributed by atoms with Crippen LogP contribution in [0.3, 0.4) is 0 Å². The van der Waals surface area contributed by atoms with Gasteiger partial charge in [-0.1, -0.05) is 46.3 Å². The van der Waals surface area contributed by atoms with Crippen LogP contribution < -0.4 is 14.8 Å². The molecule has 0 heterocycles. The van der Waals surface area contributed by atoms with Gasteiger partial charge in [-0.3, -0.25) is 4.79 Å². The highest BCUT2D eigenvalue weighted by Crippen LogP contribution is 2.31. The molecule has 0 spiro atoms. The second-order valence-electron chi connectivity index (χ2n) is 7.74. The first-order valence-corrected chi connectivity index (χ1v) is 12.7. The second-order valence-corrected chi connectivity index (χ2v) is 10.6. The SMILES string of the molecule is COc1ccc(OC)c(S(=O)(=O)N(CC(=O)Nc2c(C)cc(Br)cc2C)Cc2ccccc2)c1. The molecule has 34 heavy (non-hydrogen) atoms. The minimum absolute atomic E-state index is 0.00919. The number of rotatable bonds is 9. The average Bonchev–Trinajstić information content (AvgIpc) is 2.81. The third-order valence-corrected chi connectivity index (χ3v) is 7.54. The number of amides is 1. The number of anilines is 1. The van der Waals surface area contributed by atoms with Crippen molar-refractivity contribution in [1.82, 2.24) is 4.31 Å². The number of benzene rings is 3. The van der Waals surface area contributed by atoms with Crippen LogP contribution >= 0.6 is 15.9 Å². The predicted molar refractivity (Wildman–Crippen MR) is 136 cm³/mol. The summed E-state index contributed by atoms with van der Waals surface area (Å²) in [6.45, 7) is 3.39. The standard InChI is InChI=1S/C25H27BrN2O5S/c1-17-12-20(26)13-18(2)25(17)27-24(29)16-28(15-19-8-6-5-7-9-19)34(30,31)23-14-21(32-3)10-11-22(23)33-4/h5-14H,15-16H2,1-4H3,(H,27,29). The molecule has 0 aromatic heterocycles. The number of carbonyl (C=O) groups excluding carboxylic acids is 1. The lowest BCUT2D eigenvalue weighted by Crippen LogP contribution is -2.38. The molecule has 3 rings (SSSR count). The van der Waals surface area contributed by atoms with Gasteiger partial charge in [-0.15, -0.1) is 0 Å². The number of nitrogens with zero attached hydrogens (tertiary/aromatic N) is 1. The summed E-state index contributed by atoms with van der Waals surface area (Å²) in [7, 11) is -1.28. The van der Waals surface area contributed by atoms with Crippen molar-refractivity contribution in [2.45, 2.75) is 25.3 Å². The van der Waals surface area contributed by atoms with Gasteiger partial charge in [0.15, 0.2) is 0 Å². The van der Waals surface area contributed by atoms with Crippen molar-refractivity contribution >= 4 is 37.5 Å². The monoisotopic (exact) mass is 546 g/mol. The number of hydrogen-bond donors (Lipinski definition) is 1. The van der Waals surface area contributed by atoms with E-state index in [4.69, 9.17) is 9.47 Å². The van der Waals surface area contributed by atoms with Gasteiger partial charge in [-0.05, 0) is 54.8 Å². The van der Waals surface area contributed by atoms with Gasteiger partial charge in [-0.25, -0.2) is 8.42 Å². The van der Waals surface area contributed by atoms with Crippen LogP contribution in [0.5, 0.6) is 11.5 Å². The van der Waals surface area contributed by atoms with Gasteiger partial charge in [0.25, 0.3) is 0 Å². The van der Waals surface area contributed by atoms with E-state index in [9.17, 15) is 13.2 Å². The molecule has 3 aromatic rings. The van der Waals surface area contributed by atoms with Gasteiger partial charge in [0, 0.05) is 22.8 Å². The molecule has 0 atom stereocenters. The maximum absolute atomic E-state index is 13.8. The summed E-state index contributed by atoms with van der Waals surface area (Å²) in [6.07, 6.45) is 0. The molecule has 0 aliphatic carbocycles. The van der Waals surface area contributed by atoms with E-state index in [-0.39, 0.29) is 23.7 Å². The highest BCUT2D eigenvalue weighted by Gasteiger charge is 2.30. The first-order chi connectivity index (χ1) is 16.1. The normalized spacial score (nSPS) is 11.4. The Morgan fingerprint density at radius 1 is 0.971 bits per heavy atom. The van der Waals surface area contributed by atoms with Crippen LogP contribution in [-0.2, 0) is 21.4 Å². The quantitative estimate of drug-likeness (QED) is 0.412. The Hall–Kier alpha value is -2.88. The molecule has 0 unspecified atom stereocenters. The van der Waals surface area contributed by atoms with Crippen molar-refractivity contribution in [1.29, 1.82) is 0 Å². The number of aryl methyl sites for hydroxylation is 2. The van der Waals surface area contributed by atoms with Crippen LogP contribution in [0.25, 0.3) is 0 Å². The summed E-state index contributed by atoms with van der Waals surface area (Å²) in [5.74, 6) is 0.0818. The molecule has 7 nitrogen and oxygen atoms in total. The van der Waals surface area contributed by atoms with Crippen molar-refractivity contribution in [2.75, 3.05) is 26.1 Å². The molecule has 0 bridgehead atoms. The molecule has 1 N–H and O–H groups in total. The van der Waals surface area contributed by atoms with Crippen molar-refractivity contribution in [3.05, 3.63) is 81.8 Å². The smallest absolute Gasteiger partial charge is 0.247 e.